The Morgan fingerprint density at radius 2 is 2.11 bits per heavy atom. The first-order chi connectivity index (χ1) is 13.3. The van der Waals surface area contributed by atoms with Gasteiger partial charge in [-0.3, -0.25) is 9.88 Å². The van der Waals surface area contributed by atoms with Crippen LogP contribution in [0.25, 0.3) is 5.57 Å². The molecule has 1 fully saturated rings. The summed E-state index contributed by atoms with van der Waals surface area (Å²) in [5.41, 5.74) is 3.17. The van der Waals surface area contributed by atoms with Gasteiger partial charge >= 0.3 is 6.09 Å². The van der Waals surface area contributed by atoms with E-state index in [-0.39, 0.29) is 24.8 Å². The van der Waals surface area contributed by atoms with Crippen molar-refractivity contribution >= 4 is 11.7 Å². The van der Waals surface area contributed by atoms with Gasteiger partial charge in [0, 0.05) is 6.20 Å². The van der Waals surface area contributed by atoms with E-state index in [2.05, 4.69) is 11.1 Å². The van der Waals surface area contributed by atoms with Crippen LogP contribution >= 0.6 is 0 Å². The molecule has 3 heterocycles. The predicted octanol–water partition coefficient (Wildman–Crippen LogP) is 3.15. The number of benzene rings is 1. The number of carbonyl (C=O) groups excluding carboxylic acids is 1. The van der Waals surface area contributed by atoms with Crippen LogP contribution in [0.5, 0.6) is 0 Å². The van der Waals surface area contributed by atoms with Crippen molar-refractivity contribution < 1.29 is 14.3 Å². The molecule has 136 valence electrons. The number of rotatable bonds is 3. The molecule has 2 aliphatic heterocycles. The zero-order valence-corrected chi connectivity index (χ0v) is 14.7. The summed E-state index contributed by atoms with van der Waals surface area (Å²) in [4.78, 5) is 18.8. The van der Waals surface area contributed by atoms with Gasteiger partial charge in [0.15, 0.2) is 0 Å². The van der Waals surface area contributed by atoms with E-state index < -0.39 is 0 Å². The highest BCUT2D eigenvalue weighted by Crippen LogP contribution is 2.33. The van der Waals surface area contributed by atoms with Crippen molar-refractivity contribution in [2.24, 2.45) is 0 Å². The minimum Gasteiger partial charge on any atom is -0.445 e. The van der Waals surface area contributed by atoms with Crippen LogP contribution < -0.4 is 0 Å². The Bertz CT molecular complexity index is 904. The van der Waals surface area contributed by atoms with Crippen molar-refractivity contribution in [3.8, 4) is 6.07 Å². The number of aromatic nitrogens is 1. The number of carbonyl (C=O) groups is 1. The summed E-state index contributed by atoms with van der Waals surface area (Å²) in [5, 5.41) is 9.34. The number of hydrogen-bond donors (Lipinski definition) is 0. The van der Waals surface area contributed by atoms with E-state index in [9.17, 15) is 10.1 Å². The Labute approximate surface area is 157 Å². The molecule has 0 spiro atoms. The van der Waals surface area contributed by atoms with Gasteiger partial charge in [0.25, 0.3) is 0 Å². The Balaban J connectivity index is 1.53. The van der Waals surface area contributed by atoms with E-state index in [0.29, 0.717) is 30.9 Å². The summed E-state index contributed by atoms with van der Waals surface area (Å²) >= 11 is 0. The van der Waals surface area contributed by atoms with Crippen LogP contribution in [0.2, 0.25) is 0 Å². The van der Waals surface area contributed by atoms with Crippen LogP contribution in [0.4, 0.5) is 4.79 Å². The van der Waals surface area contributed by atoms with E-state index in [1.54, 1.807) is 23.2 Å². The molecule has 4 rings (SSSR count). The molecule has 6 nitrogen and oxygen atoms in total. The van der Waals surface area contributed by atoms with Gasteiger partial charge in [-0.2, -0.15) is 5.26 Å². The lowest BCUT2D eigenvalue weighted by atomic mass is 9.91. The van der Waals surface area contributed by atoms with Crippen molar-refractivity contribution in [1.29, 1.82) is 5.26 Å². The van der Waals surface area contributed by atoms with E-state index in [4.69, 9.17) is 9.47 Å². The number of nitrogens with zero attached hydrogens (tertiary/aromatic N) is 3. The maximum absolute atomic E-state index is 12.7. The van der Waals surface area contributed by atoms with Crippen molar-refractivity contribution in [2.45, 2.75) is 25.1 Å². The van der Waals surface area contributed by atoms with E-state index in [1.165, 1.54) is 0 Å². The Morgan fingerprint density at radius 1 is 1.26 bits per heavy atom. The van der Waals surface area contributed by atoms with Gasteiger partial charge in [-0.25, -0.2) is 4.79 Å². The smallest absolute Gasteiger partial charge is 0.411 e. The fourth-order valence-electron chi connectivity index (χ4n) is 3.60. The van der Waals surface area contributed by atoms with E-state index in [1.807, 2.05) is 36.4 Å². The summed E-state index contributed by atoms with van der Waals surface area (Å²) in [6.07, 6.45) is 3.91. The summed E-state index contributed by atoms with van der Waals surface area (Å²) in [5.74, 6) is 0. The van der Waals surface area contributed by atoms with Crippen LogP contribution in [-0.4, -0.2) is 41.3 Å². The van der Waals surface area contributed by atoms with Crippen LogP contribution in [-0.2, 0) is 16.1 Å². The first kappa shape index (κ1) is 17.3. The van der Waals surface area contributed by atoms with Gasteiger partial charge in [-0.15, -0.1) is 0 Å². The second-order valence-corrected chi connectivity index (χ2v) is 6.61. The molecule has 0 N–H and O–H groups in total. The number of fused-ring (bicyclic) bond motifs is 2. The second kappa shape index (κ2) is 7.60. The summed E-state index contributed by atoms with van der Waals surface area (Å²) in [6, 6.07) is 15.0. The Kier molecular flexibility index (Phi) is 4.86. The molecule has 2 bridgehead atoms. The first-order valence-corrected chi connectivity index (χ1v) is 8.89. The van der Waals surface area contributed by atoms with Gasteiger partial charge in [-0.1, -0.05) is 36.4 Å². The van der Waals surface area contributed by atoms with E-state index in [0.717, 1.165) is 11.1 Å². The maximum Gasteiger partial charge on any atom is 0.411 e. The second-order valence-electron chi connectivity index (χ2n) is 6.61. The molecule has 0 saturated carbocycles. The summed E-state index contributed by atoms with van der Waals surface area (Å²) in [7, 11) is 0. The highest BCUT2D eigenvalue weighted by Gasteiger charge is 2.39. The maximum atomic E-state index is 12.7. The third kappa shape index (κ3) is 3.55. The first-order valence-electron chi connectivity index (χ1n) is 8.89. The minimum atomic E-state index is -0.339. The molecule has 2 aliphatic rings. The molecule has 6 heteroatoms. The summed E-state index contributed by atoms with van der Waals surface area (Å²) < 4.78 is 11.2. The van der Waals surface area contributed by atoms with Gasteiger partial charge in [0.05, 0.1) is 36.6 Å². The molecule has 0 radical (unpaired) electrons. The Morgan fingerprint density at radius 3 is 2.89 bits per heavy atom. The molecule has 1 aromatic heterocycles. The van der Waals surface area contributed by atoms with Crippen LogP contribution in [0.3, 0.4) is 0 Å². The van der Waals surface area contributed by atoms with Crippen molar-refractivity contribution in [3.05, 3.63) is 71.6 Å². The molecular formula is C21H19N3O3. The zero-order valence-electron chi connectivity index (χ0n) is 14.7. The SMILES string of the molecule is N#Cc1cccnc1C1=CC2COCC(C1)N2C(=O)OCc1ccccc1. The van der Waals surface area contributed by atoms with Crippen LogP contribution in [0, 0.1) is 11.3 Å². The van der Waals surface area contributed by atoms with E-state index >= 15 is 0 Å². The monoisotopic (exact) mass is 361 g/mol. The number of nitriles is 1. The van der Waals surface area contributed by atoms with Crippen molar-refractivity contribution in [2.75, 3.05) is 13.2 Å². The topological polar surface area (TPSA) is 75.5 Å². The fraction of sp³-hybridized carbons (Fsp3) is 0.286. The molecule has 0 aliphatic carbocycles. The van der Waals surface area contributed by atoms with Crippen molar-refractivity contribution in [3.63, 3.8) is 0 Å². The number of pyridine rings is 1. The third-order valence-electron chi connectivity index (χ3n) is 4.85. The number of hydrogen-bond acceptors (Lipinski definition) is 5. The number of morpholine rings is 1. The fourth-order valence-corrected chi connectivity index (χ4v) is 3.60. The zero-order chi connectivity index (χ0) is 18.6. The molecule has 1 aromatic carbocycles. The highest BCUT2D eigenvalue weighted by molar-refractivity contribution is 5.75. The molecule has 2 unspecified atom stereocenters. The highest BCUT2D eigenvalue weighted by atomic mass is 16.6. The molecule has 27 heavy (non-hydrogen) atoms. The predicted molar refractivity (Wildman–Crippen MR) is 98.4 cm³/mol. The number of ether oxygens (including phenoxy) is 2. The molecule has 1 amide bonds. The van der Waals surface area contributed by atoms with Gasteiger partial charge in [-0.05, 0) is 29.7 Å². The lowest BCUT2D eigenvalue weighted by Gasteiger charge is -2.43. The third-order valence-corrected chi connectivity index (χ3v) is 4.85. The van der Waals surface area contributed by atoms with Gasteiger partial charge in [0.2, 0.25) is 0 Å². The summed E-state index contributed by atoms with van der Waals surface area (Å²) in [6.45, 7) is 1.10. The molecule has 2 atom stereocenters. The lowest BCUT2D eigenvalue weighted by molar-refractivity contribution is -0.0342. The average molecular weight is 361 g/mol. The van der Waals surface area contributed by atoms with Gasteiger partial charge < -0.3 is 9.47 Å². The lowest BCUT2D eigenvalue weighted by Crippen LogP contribution is -2.56. The number of amides is 1. The molecule has 2 aromatic rings. The van der Waals surface area contributed by atoms with Gasteiger partial charge in [0.1, 0.15) is 12.7 Å². The molecular weight excluding hydrogens is 342 g/mol. The van der Waals surface area contributed by atoms with Crippen molar-refractivity contribution in [1.82, 2.24) is 9.88 Å². The molecule has 1 saturated heterocycles. The van der Waals surface area contributed by atoms with Crippen LogP contribution in [0.1, 0.15) is 23.2 Å². The van der Waals surface area contributed by atoms with Crippen LogP contribution in [0.15, 0.2) is 54.7 Å². The Hall–Kier alpha value is -3.17. The average Bonchev–Trinajstić information content (AvgIpc) is 2.71. The minimum absolute atomic E-state index is 0.124. The quantitative estimate of drug-likeness (QED) is 0.839. The normalized spacial score (nSPS) is 21.1. The standard InChI is InChI=1S/C21H19N3O3/c22-11-16-7-4-8-23-20(16)17-9-18-13-26-14-19(10-17)24(18)21(25)27-12-15-5-2-1-3-6-15/h1-9,18-19H,10,12-14H2. The largest absolute Gasteiger partial charge is 0.445 e.